The van der Waals surface area contributed by atoms with Gasteiger partial charge in [-0.25, -0.2) is 0 Å². The molecule has 0 saturated heterocycles. The van der Waals surface area contributed by atoms with Gasteiger partial charge in [-0.2, -0.15) is 8.42 Å². The summed E-state index contributed by atoms with van der Waals surface area (Å²) in [6.45, 7) is 1.64. The number of nitrogens with one attached hydrogen (secondary N) is 1. The number of para-hydroxylation sites is 1. The number of benzene rings is 1. The van der Waals surface area contributed by atoms with Crippen LogP contribution < -0.4 is 10.1 Å². The third-order valence-electron chi connectivity index (χ3n) is 1.80. The Bertz CT molecular complexity index is 408. The van der Waals surface area contributed by atoms with Crippen LogP contribution in [0.3, 0.4) is 0 Å². The average Bonchev–Trinajstić information content (AvgIpc) is 2.28. The van der Waals surface area contributed by atoms with Crippen LogP contribution in [0.1, 0.15) is 0 Å². The van der Waals surface area contributed by atoms with Gasteiger partial charge in [0.15, 0.2) is 0 Å². The van der Waals surface area contributed by atoms with Crippen molar-refractivity contribution in [2.24, 2.45) is 0 Å². The first kappa shape index (κ1) is 14.3. The quantitative estimate of drug-likeness (QED) is 0.422. The fraction of sp³-hybridized carbons (Fsp3) is 0.400. The summed E-state index contributed by atoms with van der Waals surface area (Å²) >= 11 is 0. The van der Waals surface area contributed by atoms with Gasteiger partial charge < -0.3 is 10.1 Å². The van der Waals surface area contributed by atoms with Gasteiger partial charge >= 0.3 is 9.15 Å². The molecule has 2 N–H and O–H groups in total. The van der Waals surface area contributed by atoms with E-state index in [2.05, 4.69) is 5.32 Å². The van der Waals surface area contributed by atoms with E-state index in [1.54, 1.807) is 0 Å². The Labute approximate surface area is 105 Å². The van der Waals surface area contributed by atoms with Crippen LogP contribution in [0.15, 0.2) is 30.3 Å². The summed E-state index contributed by atoms with van der Waals surface area (Å²) in [6.07, 6.45) is 0. The first-order chi connectivity index (χ1) is 8.08. The SMILES string of the molecule is O=S(=O)(O)SCCNCCOc1ccccc1. The fourth-order valence-electron chi connectivity index (χ4n) is 1.10. The number of hydrogen-bond acceptors (Lipinski definition) is 5. The van der Waals surface area contributed by atoms with Crippen molar-refractivity contribution >= 4 is 19.9 Å². The van der Waals surface area contributed by atoms with Crippen molar-refractivity contribution in [1.29, 1.82) is 0 Å². The van der Waals surface area contributed by atoms with Crippen LogP contribution in [-0.4, -0.2) is 38.4 Å². The van der Waals surface area contributed by atoms with E-state index >= 15 is 0 Å². The van der Waals surface area contributed by atoms with E-state index in [9.17, 15) is 8.42 Å². The predicted octanol–water partition coefficient (Wildman–Crippen LogP) is 1.19. The summed E-state index contributed by atoms with van der Waals surface area (Å²) in [5, 5.41) is 3.01. The Balaban J connectivity index is 1.99. The average molecular weight is 277 g/mol. The molecule has 0 amide bonds. The topological polar surface area (TPSA) is 75.6 Å². The molecule has 17 heavy (non-hydrogen) atoms. The fourth-order valence-corrected chi connectivity index (χ4v) is 2.42. The molecule has 7 heteroatoms. The second kappa shape index (κ2) is 7.54. The molecule has 0 saturated carbocycles. The van der Waals surface area contributed by atoms with Crippen molar-refractivity contribution in [3.05, 3.63) is 30.3 Å². The maximum absolute atomic E-state index is 10.4. The highest BCUT2D eigenvalue weighted by Gasteiger charge is 2.03. The van der Waals surface area contributed by atoms with E-state index in [1.807, 2.05) is 30.3 Å². The zero-order valence-electron chi connectivity index (χ0n) is 9.20. The molecule has 0 heterocycles. The summed E-state index contributed by atoms with van der Waals surface area (Å²) in [6, 6.07) is 9.44. The van der Waals surface area contributed by atoms with E-state index in [4.69, 9.17) is 9.29 Å². The highest BCUT2D eigenvalue weighted by molar-refractivity contribution is 8.69. The van der Waals surface area contributed by atoms with Gasteiger partial charge in [-0.15, -0.1) is 0 Å². The Morgan fingerprint density at radius 3 is 2.59 bits per heavy atom. The molecule has 0 aliphatic carbocycles. The molecule has 0 spiro atoms. The lowest BCUT2D eigenvalue weighted by Crippen LogP contribution is -2.23. The van der Waals surface area contributed by atoms with Crippen molar-refractivity contribution < 1.29 is 17.7 Å². The molecular weight excluding hydrogens is 262 g/mol. The van der Waals surface area contributed by atoms with Gasteiger partial charge in [0.25, 0.3) is 0 Å². The summed E-state index contributed by atoms with van der Waals surface area (Å²) in [5.74, 6) is 1.12. The Morgan fingerprint density at radius 2 is 1.94 bits per heavy atom. The third kappa shape index (κ3) is 8.03. The lowest BCUT2D eigenvalue weighted by Gasteiger charge is -2.06. The monoisotopic (exact) mass is 277 g/mol. The molecule has 96 valence electrons. The van der Waals surface area contributed by atoms with Crippen LogP contribution >= 0.6 is 10.8 Å². The second-order valence-electron chi connectivity index (χ2n) is 3.16. The molecule has 1 rings (SSSR count). The minimum absolute atomic E-state index is 0.310. The largest absolute Gasteiger partial charge is 0.492 e. The molecule has 0 aromatic heterocycles. The van der Waals surface area contributed by atoms with Crippen LogP contribution in [0.5, 0.6) is 5.75 Å². The molecular formula is C10H15NO4S2. The molecule has 0 fully saturated rings. The Hall–Kier alpha value is -0.760. The van der Waals surface area contributed by atoms with Gasteiger partial charge in [0.1, 0.15) is 12.4 Å². The number of rotatable bonds is 8. The number of hydrogen-bond donors (Lipinski definition) is 2. The first-order valence-electron chi connectivity index (χ1n) is 5.08. The lowest BCUT2D eigenvalue weighted by atomic mass is 10.3. The van der Waals surface area contributed by atoms with Crippen molar-refractivity contribution in [2.45, 2.75) is 0 Å². The zero-order chi connectivity index (χ0) is 12.6. The van der Waals surface area contributed by atoms with E-state index in [-0.39, 0.29) is 0 Å². The Morgan fingerprint density at radius 1 is 1.24 bits per heavy atom. The van der Waals surface area contributed by atoms with Crippen LogP contribution in [0, 0.1) is 0 Å². The maximum Gasteiger partial charge on any atom is 0.319 e. The van der Waals surface area contributed by atoms with E-state index in [0.29, 0.717) is 36.2 Å². The molecule has 0 unspecified atom stereocenters. The lowest BCUT2D eigenvalue weighted by molar-refractivity contribution is 0.315. The summed E-state index contributed by atoms with van der Waals surface area (Å²) in [4.78, 5) is 0. The number of ether oxygens (including phenoxy) is 1. The van der Waals surface area contributed by atoms with Gasteiger partial charge in [-0.05, 0) is 22.9 Å². The highest BCUT2D eigenvalue weighted by Crippen LogP contribution is 2.08. The summed E-state index contributed by atoms with van der Waals surface area (Å²) in [5.41, 5.74) is 0. The second-order valence-corrected chi connectivity index (χ2v) is 6.63. The minimum atomic E-state index is -3.91. The van der Waals surface area contributed by atoms with Crippen molar-refractivity contribution in [2.75, 3.05) is 25.4 Å². The predicted molar refractivity (Wildman–Crippen MR) is 68.8 cm³/mol. The van der Waals surface area contributed by atoms with E-state index < -0.39 is 9.15 Å². The third-order valence-corrected chi connectivity index (χ3v) is 3.86. The van der Waals surface area contributed by atoms with Crippen LogP contribution in [0.25, 0.3) is 0 Å². The molecule has 0 aliphatic heterocycles. The first-order valence-corrected chi connectivity index (χ1v) is 8.02. The molecule has 5 nitrogen and oxygen atoms in total. The van der Waals surface area contributed by atoms with Crippen LogP contribution in [0.2, 0.25) is 0 Å². The van der Waals surface area contributed by atoms with Crippen molar-refractivity contribution in [3.8, 4) is 5.75 Å². The standard InChI is InChI=1S/C10H15NO4S2/c12-17(13,14)16-9-7-11-6-8-15-10-4-2-1-3-5-10/h1-5,11H,6-9H2,(H,12,13,14). The van der Waals surface area contributed by atoms with Gasteiger partial charge in [0.05, 0.1) is 0 Å². The molecule has 0 radical (unpaired) electrons. The molecule has 1 aromatic carbocycles. The normalized spacial score (nSPS) is 11.4. The van der Waals surface area contributed by atoms with E-state index in [1.165, 1.54) is 0 Å². The minimum Gasteiger partial charge on any atom is -0.492 e. The Kier molecular flexibility index (Phi) is 6.35. The van der Waals surface area contributed by atoms with Crippen molar-refractivity contribution in [3.63, 3.8) is 0 Å². The van der Waals surface area contributed by atoms with Gasteiger partial charge in [0, 0.05) is 18.8 Å². The molecule has 0 atom stereocenters. The molecule has 1 aromatic rings. The van der Waals surface area contributed by atoms with Crippen molar-refractivity contribution in [1.82, 2.24) is 5.32 Å². The summed E-state index contributed by atoms with van der Waals surface area (Å²) < 4.78 is 34.6. The van der Waals surface area contributed by atoms with Gasteiger partial charge in [-0.1, -0.05) is 18.2 Å². The molecule has 0 aliphatic rings. The van der Waals surface area contributed by atoms with Crippen LogP contribution in [-0.2, 0) is 9.15 Å². The molecule has 0 bridgehead atoms. The van der Waals surface area contributed by atoms with Gasteiger partial charge in [0.2, 0.25) is 0 Å². The van der Waals surface area contributed by atoms with Crippen LogP contribution in [0.4, 0.5) is 0 Å². The smallest absolute Gasteiger partial charge is 0.319 e. The zero-order valence-corrected chi connectivity index (χ0v) is 10.8. The maximum atomic E-state index is 10.4. The highest BCUT2D eigenvalue weighted by atomic mass is 33.1. The van der Waals surface area contributed by atoms with E-state index in [0.717, 1.165) is 5.75 Å². The van der Waals surface area contributed by atoms with Gasteiger partial charge in [-0.3, -0.25) is 4.55 Å². The summed E-state index contributed by atoms with van der Waals surface area (Å²) in [7, 11) is -3.40.